The van der Waals surface area contributed by atoms with Crippen molar-refractivity contribution < 1.29 is 0 Å². The van der Waals surface area contributed by atoms with Crippen LogP contribution >= 0.6 is 0 Å². The molecule has 1 spiro atoms. The Balaban J connectivity index is 0.962. The van der Waals surface area contributed by atoms with E-state index >= 15 is 0 Å². The average Bonchev–Trinajstić information content (AvgIpc) is 3.67. The molecule has 0 radical (unpaired) electrons. The molecule has 2 heteroatoms. The average molecular weight is 873 g/mol. The lowest BCUT2D eigenvalue weighted by atomic mass is 9.67. The van der Waals surface area contributed by atoms with Gasteiger partial charge in [0.2, 0.25) is 0 Å². The standard InChI is InChI=1S/C66H52N2/c1-6-16-48(17-7-1)52-24-32-56(33-25-52)67(57-34-26-53(27-35-57)49-18-8-2-9-19-49)60-40-42-62-63-43-41-61(47-65(63)66(64(62)46-60)44-14-5-15-45-66)68(58-36-28-54(29-37-58)50-20-10-3-11-21-50)59-38-30-55(31-39-59)51-22-12-4-13-23-51/h1-4,6-13,16-43,46-47H,5,14-15,44-45H2. The Hall–Kier alpha value is -8.20. The van der Waals surface area contributed by atoms with Crippen LogP contribution in [0.25, 0.3) is 55.6 Å². The van der Waals surface area contributed by atoms with Crippen molar-refractivity contribution in [1.29, 1.82) is 0 Å². The monoisotopic (exact) mass is 872 g/mol. The van der Waals surface area contributed by atoms with Crippen LogP contribution in [0.2, 0.25) is 0 Å². The highest BCUT2D eigenvalue weighted by Crippen LogP contribution is 2.58. The molecule has 326 valence electrons. The molecular formula is C66H52N2. The van der Waals surface area contributed by atoms with Gasteiger partial charge in [0.1, 0.15) is 0 Å². The van der Waals surface area contributed by atoms with Crippen LogP contribution in [0, 0.1) is 0 Å². The summed E-state index contributed by atoms with van der Waals surface area (Å²) < 4.78 is 0. The highest BCUT2D eigenvalue weighted by Gasteiger charge is 2.44. The van der Waals surface area contributed by atoms with E-state index in [9.17, 15) is 0 Å². The zero-order valence-electron chi connectivity index (χ0n) is 38.2. The van der Waals surface area contributed by atoms with E-state index < -0.39 is 0 Å². The summed E-state index contributed by atoms with van der Waals surface area (Å²) >= 11 is 0. The molecule has 0 aliphatic heterocycles. The van der Waals surface area contributed by atoms with Gasteiger partial charge in [0.25, 0.3) is 0 Å². The van der Waals surface area contributed by atoms with Crippen molar-refractivity contribution in [3.05, 3.63) is 266 Å². The lowest BCUT2D eigenvalue weighted by Gasteiger charge is -2.37. The van der Waals surface area contributed by atoms with E-state index in [2.05, 4.69) is 265 Å². The molecule has 0 N–H and O–H groups in total. The molecule has 2 aliphatic carbocycles. The maximum absolute atomic E-state index is 2.54. The van der Waals surface area contributed by atoms with Crippen LogP contribution in [-0.4, -0.2) is 0 Å². The van der Waals surface area contributed by atoms with Crippen molar-refractivity contribution in [3.63, 3.8) is 0 Å². The van der Waals surface area contributed by atoms with Gasteiger partial charge in [0.05, 0.1) is 0 Å². The minimum Gasteiger partial charge on any atom is -0.310 e. The molecule has 12 rings (SSSR count). The van der Waals surface area contributed by atoms with E-state index in [-0.39, 0.29) is 5.41 Å². The van der Waals surface area contributed by atoms with Gasteiger partial charge in [-0.3, -0.25) is 0 Å². The van der Waals surface area contributed by atoms with Gasteiger partial charge in [-0.05, 0) is 152 Å². The van der Waals surface area contributed by atoms with Crippen LogP contribution in [0.3, 0.4) is 0 Å². The largest absolute Gasteiger partial charge is 0.310 e. The summed E-state index contributed by atoms with van der Waals surface area (Å²) in [4.78, 5) is 4.91. The highest BCUT2D eigenvalue weighted by molar-refractivity contribution is 5.89. The third kappa shape index (κ3) is 7.68. The van der Waals surface area contributed by atoms with Gasteiger partial charge in [0.15, 0.2) is 0 Å². The Kier molecular flexibility index (Phi) is 10.8. The van der Waals surface area contributed by atoms with Gasteiger partial charge >= 0.3 is 0 Å². The number of hydrogen-bond acceptors (Lipinski definition) is 2. The second-order valence-corrected chi connectivity index (χ2v) is 18.4. The molecule has 1 fully saturated rings. The summed E-state index contributed by atoms with van der Waals surface area (Å²) in [7, 11) is 0. The zero-order chi connectivity index (χ0) is 45.3. The van der Waals surface area contributed by atoms with E-state index in [1.54, 1.807) is 0 Å². The maximum Gasteiger partial charge on any atom is 0.0465 e. The third-order valence-electron chi connectivity index (χ3n) is 14.5. The van der Waals surface area contributed by atoms with Crippen LogP contribution in [0.1, 0.15) is 43.2 Å². The number of fused-ring (bicyclic) bond motifs is 5. The Labute approximate surface area is 401 Å². The van der Waals surface area contributed by atoms with E-state index in [0.29, 0.717) is 0 Å². The molecule has 0 amide bonds. The first-order chi connectivity index (χ1) is 33.7. The van der Waals surface area contributed by atoms with Crippen LogP contribution in [-0.2, 0) is 5.41 Å². The van der Waals surface area contributed by atoms with Crippen LogP contribution in [0.4, 0.5) is 34.1 Å². The summed E-state index contributed by atoms with van der Waals surface area (Å²) in [5.41, 5.74) is 22.2. The van der Waals surface area contributed by atoms with Crippen LogP contribution in [0.15, 0.2) is 255 Å². The van der Waals surface area contributed by atoms with Crippen molar-refractivity contribution in [3.8, 4) is 55.6 Å². The van der Waals surface area contributed by atoms with E-state index in [0.717, 1.165) is 35.6 Å². The van der Waals surface area contributed by atoms with Crippen LogP contribution < -0.4 is 9.80 Å². The van der Waals surface area contributed by atoms with Gasteiger partial charge in [-0.15, -0.1) is 0 Å². The third-order valence-corrected chi connectivity index (χ3v) is 14.5. The summed E-state index contributed by atoms with van der Waals surface area (Å²) in [6.07, 6.45) is 5.96. The molecule has 2 nitrogen and oxygen atoms in total. The SMILES string of the molecule is c1ccc(-c2ccc(N(c3ccc(-c4ccccc4)cc3)c3ccc4c(c3)C3(CCCCC3)c3cc(N(c5ccc(-c6ccccc6)cc5)c5ccc(-c6ccccc6)cc5)ccc3-4)cc2)cc1. The van der Waals surface area contributed by atoms with Gasteiger partial charge in [-0.25, -0.2) is 0 Å². The number of hydrogen-bond donors (Lipinski definition) is 0. The highest BCUT2D eigenvalue weighted by atomic mass is 15.1. The second kappa shape index (κ2) is 17.9. The van der Waals surface area contributed by atoms with Gasteiger partial charge in [-0.2, -0.15) is 0 Å². The summed E-state index contributed by atoms with van der Waals surface area (Å²) in [6, 6.07) is 93.7. The van der Waals surface area contributed by atoms with Crippen LogP contribution in [0.5, 0.6) is 0 Å². The fourth-order valence-electron chi connectivity index (χ4n) is 11.1. The lowest BCUT2D eigenvalue weighted by Crippen LogP contribution is -2.28. The molecule has 0 atom stereocenters. The number of nitrogens with zero attached hydrogens (tertiary/aromatic N) is 2. The molecular weight excluding hydrogens is 821 g/mol. The van der Waals surface area contributed by atoms with E-state index in [1.807, 2.05) is 0 Å². The molecule has 10 aromatic rings. The van der Waals surface area contributed by atoms with Crippen molar-refractivity contribution in [1.82, 2.24) is 0 Å². The molecule has 10 aromatic carbocycles. The molecule has 0 saturated heterocycles. The van der Waals surface area contributed by atoms with Crippen molar-refractivity contribution in [2.24, 2.45) is 0 Å². The fraction of sp³-hybridized carbons (Fsp3) is 0.0909. The number of anilines is 6. The summed E-state index contributed by atoms with van der Waals surface area (Å²) in [5.74, 6) is 0. The first-order valence-electron chi connectivity index (χ1n) is 24.2. The zero-order valence-corrected chi connectivity index (χ0v) is 38.2. The minimum atomic E-state index is -0.0883. The van der Waals surface area contributed by atoms with Crippen molar-refractivity contribution in [2.45, 2.75) is 37.5 Å². The molecule has 0 aromatic heterocycles. The second-order valence-electron chi connectivity index (χ2n) is 18.4. The Morgan fingerprint density at radius 1 is 0.235 bits per heavy atom. The molecule has 0 heterocycles. The van der Waals surface area contributed by atoms with Crippen molar-refractivity contribution >= 4 is 34.1 Å². The molecule has 0 unspecified atom stereocenters. The minimum absolute atomic E-state index is 0.0883. The van der Waals surface area contributed by atoms with E-state index in [1.165, 1.54) is 97.4 Å². The Morgan fingerprint density at radius 3 is 0.765 bits per heavy atom. The first-order valence-corrected chi connectivity index (χ1v) is 24.2. The normalized spacial score (nSPS) is 13.4. The lowest BCUT2D eigenvalue weighted by molar-refractivity contribution is 0.353. The summed E-state index contributed by atoms with van der Waals surface area (Å²) in [5, 5.41) is 0. The smallest absolute Gasteiger partial charge is 0.0465 e. The van der Waals surface area contributed by atoms with Gasteiger partial charge in [-0.1, -0.05) is 201 Å². The topological polar surface area (TPSA) is 6.48 Å². The predicted molar refractivity (Wildman–Crippen MR) is 287 cm³/mol. The number of benzene rings is 10. The summed E-state index contributed by atoms with van der Waals surface area (Å²) in [6.45, 7) is 0. The molecule has 68 heavy (non-hydrogen) atoms. The fourth-order valence-corrected chi connectivity index (χ4v) is 11.1. The van der Waals surface area contributed by atoms with Gasteiger partial charge < -0.3 is 9.80 Å². The number of rotatable bonds is 10. The quantitative estimate of drug-likeness (QED) is 0.135. The van der Waals surface area contributed by atoms with Crippen molar-refractivity contribution in [2.75, 3.05) is 9.80 Å². The molecule has 2 aliphatic rings. The Morgan fingerprint density at radius 2 is 0.485 bits per heavy atom. The Bertz CT molecular complexity index is 2910. The molecule has 1 saturated carbocycles. The molecule has 0 bridgehead atoms. The van der Waals surface area contributed by atoms with E-state index in [4.69, 9.17) is 0 Å². The first kappa shape index (κ1) is 41.2. The predicted octanol–water partition coefficient (Wildman–Crippen LogP) is 18.5. The maximum atomic E-state index is 2.54. The van der Waals surface area contributed by atoms with Gasteiger partial charge in [0, 0.05) is 39.5 Å².